The SMILES string of the molecule is CCCCCCOc1ccc(C=c2sc3nc(-c4ccc(Cl)cc4)nn3c2=O)cc1OC. The summed E-state index contributed by atoms with van der Waals surface area (Å²) in [7, 11) is 1.61. The molecule has 2 aromatic carbocycles. The van der Waals surface area contributed by atoms with E-state index in [9.17, 15) is 4.79 Å². The molecule has 2 aromatic heterocycles. The van der Waals surface area contributed by atoms with Crippen LogP contribution in [0.15, 0.2) is 47.3 Å². The van der Waals surface area contributed by atoms with Crippen molar-refractivity contribution < 1.29 is 9.47 Å². The summed E-state index contributed by atoms with van der Waals surface area (Å²) in [6.45, 7) is 2.85. The third-order valence-electron chi connectivity index (χ3n) is 5.03. The summed E-state index contributed by atoms with van der Waals surface area (Å²) < 4.78 is 13.3. The quantitative estimate of drug-likeness (QED) is 0.323. The van der Waals surface area contributed by atoms with Gasteiger partial charge in [0.25, 0.3) is 5.56 Å². The topological polar surface area (TPSA) is 65.7 Å². The number of ether oxygens (including phenoxy) is 2. The zero-order chi connectivity index (χ0) is 22.5. The molecule has 2 heterocycles. The van der Waals surface area contributed by atoms with E-state index in [1.54, 1.807) is 19.2 Å². The molecule has 4 rings (SSSR count). The lowest BCUT2D eigenvalue weighted by Crippen LogP contribution is -2.23. The van der Waals surface area contributed by atoms with E-state index < -0.39 is 0 Å². The molecule has 166 valence electrons. The van der Waals surface area contributed by atoms with Crippen molar-refractivity contribution in [2.45, 2.75) is 32.6 Å². The fraction of sp³-hybridized carbons (Fsp3) is 0.292. The first kappa shape index (κ1) is 22.3. The molecule has 0 saturated carbocycles. The molecule has 0 saturated heterocycles. The van der Waals surface area contributed by atoms with Crippen molar-refractivity contribution in [3.05, 3.63) is 67.9 Å². The lowest BCUT2D eigenvalue weighted by molar-refractivity contribution is 0.285. The number of unbranched alkanes of at least 4 members (excludes halogenated alkanes) is 3. The molecule has 0 aliphatic heterocycles. The van der Waals surface area contributed by atoms with Crippen molar-refractivity contribution in [3.63, 3.8) is 0 Å². The van der Waals surface area contributed by atoms with Crippen molar-refractivity contribution in [1.82, 2.24) is 14.6 Å². The summed E-state index contributed by atoms with van der Waals surface area (Å²) in [6.07, 6.45) is 6.40. The highest BCUT2D eigenvalue weighted by atomic mass is 35.5. The van der Waals surface area contributed by atoms with Crippen LogP contribution in [0.25, 0.3) is 22.4 Å². The van der Waals surface area contributed by atoms with Gasteiger partial charge in [0.05, 0.1) is 18.2 Å². The maximum atomic E-state index is 12.8. The monoisotopic (exact) mass is 469 g/mol. The maximum Gasteiger partial charge on any atom is 0.291 e. The van der Waals surface area contributed by atoms with E-state index in [1.165, 1.54) is 28.7 Å². The van der Waals surface area contributed by atoms with E-state index in [-0.39, 0.29) is 5.56 Å². The van der Waals surface area contributed by atoms with Gasteiger partial charge in [0.15, 0.2) is 17.3 Å². The number of benzene rings is 2. The van der Waals surface area contributed by atoms with E-state index in [2.05, 4.69) is 17.0 Å². The summed E-state index contributed by atoms with van der Waals surface area (Å²) in [6, 6.07) is 12.9. The number of nitrogens with zero attached hydrogens (tertiary/aromatic N) is 3. The number of fused-ring (bicyclic) bond motifs is 1. The Bertz CT molecular complexity index is 1320. The first-order valence-corrected chi connectivity index (χ1v) is 11.8. The van der Waals surface area contributed by atoms with Gasteiger partial charge in [0.1, 0.15) is 0 Å². The number of hydrogen-bond acceptors (Lipinski definition) is 6. The highest BCUT2D eigenvalue weighted by Crippen LogP contribution is 2.28. The molecule has 0 N–H and O–H groups in total. The lowest BCUT2D eigenvalue weighted by Gasteiger charge is -2.11. The van der Waals surface area contributed by atoms with Crippen molar-refractivity contribution in [1.29, 1.82) is 0 Å². The van der Waals surface area contributed by atoms with Gasteiger partial charge in [-0.3, -0.25) is 4.79 Å². The van der Waals surface area contributed by atoms with Crippen molar-refractivity contribution in [2.24, 2.45) is 0 Å². The van der Waals surface area contributed by atoms with Crippen LogP contribution in [-0.4, -0.2) is 28.3 Å². The second-order valence-corrected chi connectivity index (χ2v) is 8.82. The zero-order valence-corrected chi connectivity index (χ0v) is 19.6. The van der Waals surface area contributed by atoms with Crippen LogP contribution in [0, 0.1) is 0 Å². The predicted molar refractivity (Wildman–Crippen MR) is 129 cm³/mol. The van der Waals surface area contributed by atoms with Crippen LogP contribution in [-0.2, 0) is 0 Å². The normalized spacial score (nSPS) is 11.9. The van der Waals surface area contributed by atoms with Gasteiger partial charge in [-0.2, -0.15) is 9.50 Å². The van der Waals surface area contributed by atoms with Crippen LogP contribution >= 0.6 is 22.9 Å². The smallest absolute Gasteiger partial charge is 0.291 e. The van der Waals surface area contributed by atoms with Crippen LogP contribution in [0.2, 0.25) is 5.02 Å². The van der Waals surface area contributed by atoms with E-state index in [4.69, 9.17) is 21.1 Å². The molecule has 32 heavy (non-hydrogen) atoms. The Morgan fingerprint density at radius 1 is 1.09 bits per heavy atom. The molecule has 0 atom stereocenters. The minimum absolute atomic E-state index is 0.201. The Labute approximate surface area is 195 Å². The molecule has 0 amide bonds. The van der Waals surface area contributed by atoms with Crippen molar-refractivity contribution >= 4 is 34.0 Å². The second-order valence-electron chi connectivity index (χ2n) is 7.37. The van der Waals surface area contributed by atoms with E-state index in [1.807, 2.05) is 36.4 Å². The average molecular weight is 470 g/mol. The maximum absolute atomic E-state index is 12.8. The molecular weight excluding hydrogens is 446 g/mol. The standard InChI is InChI=1S/C24H24ClN3O3S/c1-3-4-5-6-13-31-19-12-7-16(14-20(19)30-2)15-21-23(29)28-24(32-21)26-22(27-28)17-8-10-18(25)11-9-17/h7-12,14-15H,3-6,13H2,1-2H3. The number of rotatable bonds is 9. The summed E-state index contributed by atoms with van der Waals surface area (Å²) in [4.78, 5) is 17.9. The molecule has 0 unspecified atom stereocenters. The van der Waals surface area contributed by atoms with Crippen molar-refractivity contribution in [3.8, 4) is 22.9 Å². The Morgan fingerprint density at radius 2 is 1.91 bits per heavy atom. The van der Waals surface area contributed by atoms with Crippen LogP contribution in [0.4, 0.5) is 0 Å². The number of methoxy groups -OCH3 is 1. The van der Waals surface area contributed by atoms with E-state index >= 15 is 0 Å². The fourth-order valence-corrected chi connectivity index (χ4v) is 4.34. The Kier molecular flexibility index (Phi) is 7.07. The van der Waals surface area contributed by atoms with Gasteiger partial charge in [0, 0.05) is 10.6 Å². The van der Waals surface area contributed by atoms with Crippen molar-refractivity contribution in [2.75, 3.05) is 13.7 Å². The molecule has 0 aliphatic rings. The van der Waals surface area contributed by atoms with Gasteiger partial charge >= 0.3 is 0 Å². The Morgan fingerprint density at radius 3 is 2.62 bits per heavy atom. The van der Waals surface area contributed by atoms with Gasteiger partial charge in [-0.15, -0.1) is 5.10 Å². The highest BCUT2D eigenvalue weighted by molar-refractivity contribution is 7.15. The first-order chi connectivity index (χ1) is 15.6. The molecule has 0 aliphatic carbocycles. The zero-order valence-electron chi connectivity index (χ0n) is 18.0. The molecule has 4 aromatic rings. The van der Waals surface area contributed by atoms with Crippen LogP contribution < -0.4 is 19.6 Å². The molecule has 0 spiro atoms. The minimum Gasteiger partial charge on any atom is -0.493 e. The number of hydrogen-bond donors (Lipinski definition) is 0. The molecular formula is C24H24ClN3O3S. The lowest BCUT2D eigenvalue weighted by atomic mass is 10.2. The average Bonchev–Trinajstić information content (AvgIpc) is 3.34. The van der Waals surface area contributed by atoms with E-state index in [0.717, 1.165) is 24.0 Å². The summed E-state index contributed by atoms with van der Waals surface area (Å²) in [5.41, 5.74) is 1.46. The number of aromatic nitrogens is 3. The summed E-state index contributed by atoms with van der Waals surface area (Å²) in [5.74, 6) is 1.85. The van der Waals surface area contributed by atoms with Gasteiger partial charge in [-0.1, -0.05) is 55.2 Å². The summed E-state index contributed by atoms with van der Waals surface area (Å²) >= 11 is 7.24. The van der Waals surface area contributed by atoms with Crippen LogP contribution in [0.3, 0.4) is 0 Å². The van der Waals surface area contributed by atoms with Gasteiger partial charge < -0.3 is 9.47 Å². The Balaban J connectivity index is 1.57. The highest BCUT2D eigenvalue weighted by Gasteiger charge is 2.12. The van der Waals surface area contributed by atoms with Crippen LogP contribution in [0.5, 0.6) is 11.5 Å². The Hall–Kier alpha value is -2.90. The van der Waals surface area contributed by atoms with E-state index in [0.29, 0.717) is 38.4 Å². The second kappa shape index (κ2) is 10.1. The van der Waals surface area contributed by atoms with Gasteiger partial charge in [-0.25, -0.2) is 0 Å². The summed E-state index contributed by atoms with van der Waals surface area (Å²) in [5, 5.41) is 5.01. The molecule has 6 nitrogen and oxygen atoms in total. The minimum atomic E-state index is -0.201. The fourth-order valence-electron chi connectivity index (χ4n) is 3.31. The number of halogens is 1. The third kappa shape index (κ3) is 4.95. The molecule has 0 fully saturated rings. The largest absolute Gasteiger partial charge is 0.493 e. The van der Waals surface area contributed by atoms with Gasteiger partial charge in [-0.05, 0) is 54.5 Å². The van der Waals surface area contributed by atoms with Gasteiger partial charge in [0.2, 0.25) is 4.96 Å². The molecule has 8 heteroatoms. The predicted octanol–water partition coefficient (Wildman–Crippen LogP) is 4.99. The number of thiazole rings is 1. The van der Waals surface area contributed by atoms with Crippen LogP contribution in [0.1, 0.15) is 38.2 Å². The first-order valence-electron chi connectivity index (χ1n) is 10.6. The third-order valence-corrected chi connectivity index (χ3v) is 6.24. The molecule has 0 radical (unpaired) electrons. The molecule has 0 bridgehead atoms.